The van der Waals surface area contributed by atoms with Gasteiger partial charge in [-0.15, -0.1) is 0 Å². The second kappa shape index (κ2) is 7.16. The smallest absolute Gasteiger partial charge is 0.210 e. The Labute approximate surface area is 187 Å². The molecule has 31 heavy (non-hydrogen) atoms. The van der Waals surface area contributed by atoms with Crippen LogP contribution in [0.1, 0.15) is 68.5 Å². The van der Waals surface area contributed by atoms with Crippen LogP contribution in [0.3, 0.4) is 0 Å². The molecular weight excluding hydrogens is 408 g/mol. The molecule has 1 aliphatic rings. The summed E-state index contributed by atoms with van der Waals surface area (Å²) in [5, 5.41) is 31.2. The second-order valence-corrected chi connectivity index (χ2v) is 10.5. The Hall–Kier alpha value is -2.73. The molecule has 2 aromatic carbocycles. The highest BCUT2D eigenvalue weighted by molar-refractivity contribution is 7.71. The molecule has 5 nitrogen and oxygen atoms in total. The van der Waals surface area contributed by atoms with Crippen LogP contribution in [-0.4, -0.2) is 25.3 Å². The number of fused-ring (bicyclic) bond motifs is 1. The second-order valence-electron chi connectivity index (χ2n) is 10.1. The Bertz CT molecular complexity index is 1230. The Morgan fingerprint density at radius 3 is 2.03 bits per heavy atom. The highest BCUT2D eigenvalue weighted by Gasteiger charge is 2.37. The minimum Gasteiger partial charge on any atom is -0.508 e. The van der Waals surface area contributed by atoms with Crippen LogP contribution in [0.4, 0.5) is 0 Å². The van der Waals surface area contributed by atoms with Crippen LogP contribution < -0.4 is 0 Å². The Kier molecular flexibility index (Phi) is 4.97. The fourth-order valence-electron chi connectivity index (χ4n) is 4.72. The summed E-state index contributed by atoms with van der Waals surface area (Å²) < 4.78 is 0.321. The number of benzene rings is 2. The van der Waals surface area contributed by atoms with Crippen LogP contribution in [0.25, 0.3) is 11.1 Å². The number of nitrogens with one attached hydrogen (secondary N) is 2. The van der Waals surface area contributed by atoms with Crippen LogP contribution in [0.15, 0.2) is 24.3 Å². The largest absolute Gasteiger partial charge is 0.508 e. The third-order valence-electron chi connectivity index (χ3n) is 6.83. The van der Waals surface area contributed by atoms with Crippen LogP contribution >= 0.6 is 12.2 Å². The van der Waals surface area contributed by atoms with E-state index in [9.17, 15) is 15.3 Å². The van der Waals surface area contributed by atoms with Crippen molar-refractivity contribution in [3.8, 4) is 28.5 Å². The summed E-state index contributed by atoms with van der Waals surface area (Å²) in [5.41, 5.74) is 6.62. The first-order valence-corrected chi connectivity index (χ1v) is 11.0. The number of phenolic OH excluding ortho intramolecular Hbond substituents is 2. The van der Waals surface area contributed by atoms with E-state index < -0.39 is 0 Å². The van der Waals surface area contributed by atoms with E-state index in [2.05, 4.69) is 56.7 Å². The van der Waals surface area contributed by atoms with Gasteiger partial charge in [-0.3, -0.25) is 0 Å². The van der Waals surface area contributed by atoms with Crippen LogP contribution in [0.5, 0.6) is 17.4 Å². The number of rotatable bonds is 3. The lowest BCUT2D eigenvalue weighted by atomic mass is 9.62. The minimum absolute atomic E-state index is 0.0294. The molecule has 1 aliphatic carbocycles. The van der Waals surface area contributed by atoms with Crippen LogP contribution in [0, 0.1) is 11.7 Å². The Balaban J connectivity index is 1.87. The predicted octanol–water partition coefficient (Wildman–Crippen LogP) is 6.10. The van der Waals surface area contributed by atoms with Gasteiger partial charge in [-0.1, -0.05) is 33.8 Å². The maximum absolute atomic E-state index is 10.7. The van der Waals surface area contributed by atoms with Crippen molar-refractivity contribution in [1.29, 1.82) is 0 Å². The summed E-state index contributed by atoms with van der Waals surface area (Å²) in [6.45, 7) is 11.2. The van der Waals surface area contributed by atoms with Gasteiger partial charge in [-0.25, -0.2) is 0 Å². The van der Waals surface area contributed by atoms with E-state index in [1.807, 2.05) is 0 Å². The van der Waals surface area contributed by atoms with E-state index >= 15 is 0 Å². The lowest BCUT2D eigenvalue weighted by molar-refractivity contribution is 0.332. The third-order valence-corrected chi connectivity index (χ3v) is 7.04. The van der Waals surface area contributed by atoms with Gasteiger partial charge in [0.1, 0.15) is 11.5 Å². The number of H-pyrrole nitrogens is 2. The monoisotopic (exact) mass is 438 g/mol. The van der Waals surface area contributed by atoms with Gasteiger partial charge in [0.25, 0.3) is 0 Å². The molecule has 0 bridgehead atoms. The average Bonchev–Trinajstić information content (AvgIpc) is 2.98. The summed E-state index contributed by atoms with van der Waals surface area (Å²) in [6, 6.07) is 7.64. The predicted molar refractivity (Wildman–Crippen MR) is 126 cm³/mol. The van der Waals surface area contributed by atoms with Gasteiger partial charge in [0.05, 0.1) is 5.69 Å². The SMILES string of the molecule is Cc1cc2c(cc1-c1cc(Cc3[nH]c(=S)[nH]c3O)c(O)cc1O)C(C)(C)CCC2(C)C. The van der Waals surface area contributed by atoms with Gasteiger partial charge in [0.2, 0.25) is 5.88 Å². The molecular formula is C25H30N2O3S. The molecule has 3 aromatic rings. The fourth-order valence-corrected chi connectivity index (χ4v) is 4.94. The number of aryl methyl sites for hydroxylation is 1. The first kappa shape index (κ1) is 21.5. The molecule has 0 saturated carbocycles. The highest BCUT2D eigenvalue weighted by atomic mass is 32.1. The van der Waals surface area contributed by atoms with Gasteiger partial charge in [0, 0.05) is 23.6 Å². The average molecular weight is 439 g/mol. The molecule has 0 spiro atoms. The highest BCUT2D eigenvalue weighted by Crippen LogP contribution is 2.48. The number of hydrogen-bond acceptors (Lipinski definition) is 4. The number of hydrogen-bond donors (Lipinski definition) is 5. The first-order chi connectivity index (χ1) is 14.4. The van der Waals surface area contributed by atoms with Gasteiger partial charge in [-0.05, 0) is 77.2 Å². The maximum Gasteiger partial charge on any atom is 0.210 e. The topological polar surface area (TPSA) is 92.3 Å². The molecule has 0 radical (unpaired) electrons. The van der Waals surface area contributed by atoms with Gasteiger partial charge in [-0.2, -0.15) is 0 Å². The molecule has 0 fully saturated rings. The summed E-state index contributed by atoms with van der Waals surface area (Å²) in [5.74, 6) is -0.0467. The van der Waals surface area contributed by atoms with Crippen molar-refractivity contribution in [2.45, 2.75) is 64.7 Å². The summed E-state index contributed by atoms with van der Waals surface area (Å²) in [7, 11) is 0. The number of aromatic hydroxyl groups is 3. The van der Waals surface area contributed by atoms with Gasteiger partial charge >= 0.3 is 0 Å². The lowest BCUT2D eigenvalue weighted by Crippen LogP contribution is -2.34. The van der Waals surface area contributed by atoms with Gasteiger partial charge < -0.3 is 25.3 Å². The van der Waals surface area contributed by atoms with Crippen molar-refractivity contribution in [3.63, 3.8) is 0 Å². The normalized spacial score (nSPS) is 16.8. The molecule has 0 amide bonds. The summed E-state index contributed by atoms with van der Waals surface area (Å²) in [4.78, 5) is 5.55. The minimum atomic E-state index is -0.0482. The quantitative estimate of drug-likeness (QED) is 0.319. The zero-order valence-electron chi connectivity index (χ0n) is 18.7. The van der Waals surface area contributed by atoms with E-state index in [1.54, 1.807) is 6.07 Å². The summed E-state index contributed by atoms with van der Waals surface area (Å²) >= 11 is 5.03. The molecule has 0 atom stereocenters. The maximum atomic E-state index is 10.7. The van der Waals surface area contributed by atoms with E-state index in [4.69, 9.17) is 12.2 Å². The molecule has 5 N–H and O–H groups in total. The molecule has 4 rings (SSSR count). The van der Waals surface area contributed by atoms with Crippen molar-refractivity contribution >= 4 is 12.2 Å². The molecule has 1 heterocycles. The van der Waals surface area contributed by atoms with Crippen LogP contribution in [0.2, 0.25) is 0 Å². The van der Waals surface area contributed by atoms with Crippen molar-refractivity contribution in [2.24, 2.45) is 0 Å². The van der Waals surface area contributed by atoms with E-state index in [0.717, 1.165) is 24.0 Å². The summed E-state index contributed by atoms with van der Waals surface area (Å²) in [6.07, 6.45) is 2.50. The zero-order chi connectivity index (χ0) is 22.7. The van der Waals surface area contributed by atoms with Crippen molar-refractivity contribution < 1.29 is 15.3 Å². The molecule has 0 aliphatic heterocycles. The van der Waals surface area contributed by atoms with E-state index in [-0.39, 0.29) is 34.6 Å². The van der Waals surface area contributed by atoms with E-state index in [1.165, 1.54) is 17.2 Å². The van der Waals surface area contributed by atoms with E-state index in [0.29, 0.717) is 21.6 Å². The standard InChI is InChI=1S/C25H30N2O3S/c1-13-8-17-18(25(4,5)7-6-24(17,2)3)11-15(13)16-9-14(20(28)12-21(16)29)10-19-22(30)27-23(31)26-19/h8-9,11-12,28-30H,6-7,10H2,1-5H3,(H2,26,27,31). The lowest BCUT2D eigenvalue weighted by Gasteiger charge is -2.42. The Morgan fingerprint density at radius 1 is 0.839 bits per heavy atom. The number of aromatic nitrogens is 2. The Morgan fingerprint density at radius 2 is 1.45 bits per heavy atom. The molecule has 164 valence electrons. The fraction of sp³-hybridized carbons (Fsp3) is 0.400. The number of imidazole rings is 1. The molecule has 6 heteroatoms. The number of aromatic amines is 2. The van der Waals surface area contributed by atoms with Gasteiger partial charge in [0.15, 0.2) is 4.77 Å². The number of phenols is 2. The van der Waals surface area contributed by atoms with Crippen molar-refractivity contribution in [1.82, 2.24) is 9.97 Å². The first-order valence-electron chi connectivity index (χ1n) is 10.6. The van der Waals surface area contributed by atoms with Crippen molar-refractivity contribution in [2.75, 3.05) is 0 Å². The third kappa shape index (κ3) is 3.74. The van der Waals surface area contributed by atoms with Crippen molar-refractivity contribution in [3.05, 3.63) is 57.0 Å². The molecule has 0 unspecified atom stereocenters. The van der Waals surface area contributed by atoms with Crippen LogP contribution in [-0.2, 0) is 17.3 Å². The molecule has 1 aromatic heterocycles. The molecule has 0 saturated heterocycles. The zero-order valence-corrected chi connectivity index (χ0v) is 19.5.